The van der Waals surface area contributed by atoms with Crippen LogP contribution in [0.4, 0.5) is 24.8 Å². The molecule has 0 spiro atoms. The Hall–Kier alpha value is -2.10. The van der Waals surface area contributed by atoms with E-state index in [0.29, 0.717) is 0 Å². The van der Waals surface area contributed by atoms with E-state index in [4.69, 9.17) is 5.84 Å². The molecule has 10 heteroatoms. The van der Waals surface area contributed by atoms with Gasteiger partial charge in [0.25, 0.3) is 0 Å². The molecule has 0 fully saturated rings. The summed E-state index contributed by atoms with van der Waals surface area (Å²) in [6, 6.07) is 1.21. The van der Waals surface area contributed by atoms with Crippen molar-refractivity contribution in [2.24, 2.45) is 5.84 Å². The lowest BCUT2D eigenvalue weighted by atomic mass is 10.4. The van der Waals surface area contributed by atoms with Crippen LogP contribution in [0.3, 0.4) is 0 Å². The first-order chi connectivity index (χ1) is 8.86. The molecule has 1 aromatic heterocycles. The van der Waals surface area contributed by atoms with Gasteiger partial charge in [-0.1, -0.05) is 0 Å². The Morgan fingerprint density at radius 1 is 1.37 bits per heavy atom. The lowest BCUT2D eigenvalue weighted by molar-refractivity contribution is -0.144. The van der Waals surface area contributed by atoms with Crippen LogP contribution in [-0.2, 0) is 11.0 Å². The van der Waals surface area contributed by atoms with E-state index < -0.39 is 12.0 Å². The molecule has 1 rings (SSSR count). The van der Waals surface area contributed by atoms with Crippen LogP contribution in [0.15, 0.2) is 6.07 Å². The van der Waals surface area contributed by atoms with Crippen molar-refractivity contribution in [3.05, 3.63) is 11.9 Å². The maximum Gasteiger partial charge on any atom is 0.451 e. The first-order valence-electron chi connectivity index (χ1n) is 5.24. The number of alkyl halides is 3. The summed E-state index contributed by atoms with van der Waals surface area (Å²) in [5.41, 5.74) is 2.02. The molecule has 7 nitrogen and oxygen atoms in total. The minimum absolute atomic E-state index is 0.0702. The van der Waals surface area contributed by atoms with Crippen LogP contribution in [0.1, 0.15) is 12.2 Å². The number of hydrazine groups is 1. The second-order valence-corrected chi connectivity index (χ2v) is 3.45. The van der Waals surface area contributed by atoms with E-state index in [1.54, 1.807) is 0 Å². The van der Waals surface area contributed by atoms with Gasteiger partial charge in [0.1, 0.15) is 11.6 Å². The summed E-state index contributed by atoms with van der Waals surface area (Å²) in [5.74, 6) is 3.23. The van der Waals surface area contributed by atoms with E-state index in [1.807, 2.05) is 5.43 Å². The summed E-state index contributed by atoms with van der Waals surface area (Å²) >= 11 is 0. The number of aromatic nitrogens is 2. The Labute approximate surface area is 106 Å². The minimum Gasteiger partial charge on any atom is -0.369 e. The second-order valence-electron chi connectivity index (χ2n) is 3.45. The standard InChI is InChI=1S/C9H13F3N6O/c1-14-7(19)2-3-15-5-4-6(18-13)17-8(16-5)9(10,11)12/h4H,2-3,13H2,1H3,(H,14,19)(H2,15,16,17,18). The molecule has 1 amide bonds. The highest BCUT2D eigenvalue weighted by Crippen LogP contribution is 2.28. The first kappa shape index (κ1) is 15.0. The van der Waals surface area contributed by atoms with Gasteiger partial charge in [-0.3, -0.25) is 4.79 Å². The third-order valence-electron chi connectivity index (χ3n) is 2.06. The molecular weight excluding hydrogens is 265 g/mol. The Kier molecular flexibility index (Phi) is 4.87. The molecule has 0 radical (unpaired) electrons. The van der Waals surface area contributed by atoms with E-state index in [1.165, 1.54) is 13.1 Å². The Morgan fingerprint density at radius 3 is 2.53 bits per heavy atom. The fourth-order valence-electron chi connectivity index (χ4n) is 1.17. The molecule has 5 N–H and O–H groups in total. The molecule has 106 valence electrons. The van der Waals surface area contributed by atoms with Crippen molar-refractivity contribution in [3.8, 4) is 0 Å². The molecule has 0 aromatic carbocycles. The van der Waals surface area contributed by atoms with Crippen molar-refractivity contribution in [2.75, 3.05) is 24.3 Å². The van der Waals surface area contributed by atoms with Crippen molar-refractivity contribution in [1.29, 1.82) is 0 Å². The van der Waals surface area contributed by atoms with Gasteiger partial charge in [0.2, 0.25) is 11.7 Å². The van der Waals surface area contributed by atoms with Crippen LogP contribution >= 0.6 is 0 Å². The summed E-state index contributed by atoms with van der Waals surface area (Å²) in [4.78, 5) is 17.4. The predicted molar refractivity (Wildman–Crippen MR) is 62.0 cm³/mol. The van der Waals surface area contributed by atoms with Crippen LogP contribution in [0.2, 0.25) is 0 Å². The topological polar surface area (TPSA) is 105 Å². The van der Waals surface area contributed by atoms with Crippen LogP contribution in [0.5, 0.6) is 0 Å². The number of halogens is 3. The number of rotatable bonds is 5. The van der Waals surface area contributed by atoms with E-state index in [-0.39, 0.29) is 30.5 Å². The lowest BCUT2D eigenvalue weighted by Crippen LogP contribution is -2.22. The summed E-state index contributed by atoms with van der Waals surface area (Å²) in [6.45, 7) is 0.137. The van der Waals surface area contributed by atoms with Gasteiger partial charge < -0.3 is 16.1 Å². The maximum absolute atomic E-state index is 12.5. The molecule has 0 aliphatic heterocycles. The fourth-order valence-corrected chi connectivity index (χ4v) is 1.17. The highest BCUT2D eigenvalue weighted by Gasteiger charge is 2.35. The van der Waals surface area contributed by atoms with Gasteiger partial charge in [0, 0.05) is 26.1 Å². The zero-order valence-electron chi connectivity index (χ0n) is 10.0. The lowest BCUT2D eigenvalue weighted by Gasteiger charge is -2.11. The molecule has 0 saturated carbocycles. The summed E-state index contributed by atoms with van der Waals surface area (Å²) in [6.07, 6.45) is -4.57. The number of amides is 1. The van der Waals surface area contributed by atoms with E-state index in [2.05, 4.69) is 20.6 Å². The molecule has 0 aliphatic rings. The van der Waals surface area contributed by atoms with Crippen molar-refractivity contribution in [1.82, 2.24) is 15.3 Å². The Morgan fingerprint density at radius 2 is 2.00 bits per heavy atom. The molecule has 0 atom stereocenters. The normalized spacial score (nSPS) is 11.0. The van der Waals surface area contributed by atoms with Gasteiger partial charge in [-0.15, -0.1) is 0 Å². The molecule has 1 aromatic rings. The minimum atomic E-state index is -4.68. The van der Waals surface area contributed by atoms with Crippen LogP contribution in [0, 0.1) is 0 Å². The number of nitrogens with zero attached hydrogens (tertiary/aromatic N) is 2. The van der Waals surface area contributed by atoms with Crippen LogP contribution in [-0.4, -0.2) is 29.5 Å². The van der Waals surface area contributed by atoms with E-state index >= 15 is 0 Å². The average molecular weight is 278 g/mol. The molecule has 1 heterocycles. The smallest absolute Gasteiger partial charge is 0.369 e. The van der Waals surface area contributed by atoms with E-state index in [0.717, 1.165) is 0 Å². The van der Waals surface area contributed by atoms with E-state index in [9.17, 15) is 18.0 Å². The molecule has 0 unspecified atom stereocenters. The third kappa shape index (κ3) is 4.58. The molecule has 0 aliphatic carbocycles. The Bertz CT molecular complexity index is 450. The number of hydrogen-bond acceptors (Lipinski definition) is 6. The van der Waals surface area contributed by atoms with Gasteiger partial charge >= 0.3 is 6.18 Å². The van der Waals surface area contributed by atoms with Crippen molar-refractivity contribution >= 4 is 17.5 Å². The zero-order chi connectivity index (χ0) is 14.5. The van der Waals surface area contributed by atoms with Crippen LogP contribution < -0.4 is 21.9 Å². The number of carbonyl (C=O) groups excluding carboxylic acids is 1. The first-order valence-corrected chi connectivity index (χ1v) is 5.24. The summed E-state index contributed by atoms with van der Waals surface area (Å²) < 4.78 is 37.5. The SMILES string of the molecule is CNC(=O)CCNc1cc(NN)nc(C(F)(F)F)n1. The number of nitrogen functional groups attached to an aromatic ring is 1. The highest BCUT2D eigenvalue weighted by molar-refractivity contribution is 5.76. The molecule has 0 saturated heterocycles. The zero-order valence-corrected chi connectivity index (χ0v) is 10.0. The number of nitrogens with two attached hydrogens (primary N) is 1. The maximum atomic E-state index is 12.5. The van der Waals surface area contributed by atoms with Gasteiger partial charge in [0.05, 0.1) is 0 Å². The van der Waals surface area contributed by atoms with Gasteiger partial charge in [-0.05, 0) is 0 Å². The third-order valence-corrected chi connectivity index (χ3v) is 2.06. The molecule has 0 bridgehead atoms. The fraction of sp³-hybridized carbons (Fsp3) is 0.444. The van der Waals surface area contributed by atoms with Gasteiger partial charge in [-0.25, -0.2) is 15.8 Å². The van der Waals surface area contributed by atoms with Crippen molar-refractivity contribution in [3.63, 3.8) is 0 Å². The second kappa shape index (κ2) is 6.18. The highest BCUT2D eigenvalue weighted by atomic mass is 19.4. The van der Waals surface area contributed by atoms with Gasteiger partial charge in [0.15, 0.2) is 0 Å². The predicted octanol–water partition coefficient (Wildman–Crippen LogP) is 0.329. The number of anilines is 2. The Balaban J connectivity index is 2.80. The average Bonchev–Trinajstić information content (AvgIpc) is 2.37. The number of hydrogen-bond donors (Lipinski definition) is 4. The number of nitrogens with one attached hydrogen (secondary N) is 3. The summed E-state index contributed by atoms with van der Waals surface area (Å²) in [7, 11) is 1.46. The number of carbonyl (C=O) groups is 1. The van der Waals surface area contributed by atoms with Gasteiger partial charge in [-0.2, -0.15) is 13.2 Å². The van der Waals surface area contributed by atoms with Crippen LogP contribution in [0.25, 0.3) is 0 Å². The quantitative estimate of drug-likeness (QED) is 0.457. The van der Waals surface area contributed by atoms with Crippen molar-refractivity contribution in [2.45, 2.75) is 12.6 Å². The largest absolute Gasteiger partial charge is 0.451 e. The molecule has 19 heavy (non-hydrogen) atoms. The van der Waals surface area contributed by atoms with Crippen molar-refractivity contribution < 1.29 is 18.0 Å². The molecular formula is C9H13F3N6O. The monoisotopic (exact) mass is 278 g/mol. The summed E-state index contributed by atoms with van der Waals surface area (Å²) in [5, 5.41) is 4.97.